The zero-order chi connectivity index (χ0) is 24.0. The number of nitrogens with one attached hydrogen (secondary N) is 1. The SMILES string of the molecule is Cc1cccc(-c2ccccc2C(C)OC[C@H](O)CNC(C)(C)Cc2ccc(Cl)c(C)c2)c1. The van der Waals surface area contributed by atoms with Crippen molar-refractivity contribution in [2.24, 2.45) is 0 Å². The molecule has 2 atom stereocenters. The van der Waals surface area contributed by atoms with E-state index in [9.17, 15) is 5.11 Å². The van der Waals surface area contributed by atoms with Crippen LogP contribution in [0.2, 0.25) is 5.02 Å². The molecule has 4 heteroatoms. The number of ether oxygens (including phenoxy) is 1. The van der Waals surface area contributed by atoms with Crippen LogP contribution in [0.5, 0.6) is 0 Å². The van der Waals surface area contributed by atoms with E-state index in [0.717, 1.165) is 22.6 Å². The first-order valence-corrected chi connectivity index (χ1v) is 12.0. The minimum absolute atomic E-state index is 0.124. The van der Waals surface area contributed by atoms with Crippen molar-refractivity contribution >= 4 is 11.6 Å². The minimum Gasteiger partial charge on any atom is -0.389 e. The molecular weight excluding hydrogens is 430 g/mol. The molecule has 0 saturated heterocycles. The molecule has 1 unspecified atom stereocenters. The molecule has 0 aromatic heterocycles. The van der Waals surface area contributed by atoms with Crippen molar-refractivity contribution in [2.45, 2.75) is 58.8 Å². The van der Waals surface area contributed by atoms with E-state index in [1.54, 1.807) is 0 Å². The highest BCUT2D eigenvalue weighted by Crippen LogP contribution is 2.30. The van der Waals surface area contributed by atoms with Crippen LogP contribution in [-0.4, -0.2) is 29.9 Å². The normalized spacial score (nSPS) is 13.7. The van der Waals surface area contributed by atoms with E-state index in [1.165, 1.54) is 22.3 Å². The highest BCUT2D eigenvalue weighted by Gasteiger charge is 2.20. The summed E-state index contributed by atoms with van der Waals surface area (Å²) < 4.78 is 6.09. The van der Waals surface area contributed by atoms with Gasteiger partial charge in [0.1, 0.15) is 0 Å². The number of benzene rings is 3. The topological polar surface area (TPSA) is 41.5 Å². The van der Waals surface area contributed by atoms with Gasteiger partial charge >= 0.3 is 0 Å². The number of β-amino-alcohol motifs (C(OH)–C–C–N with tert-alkyl or cyclic N) is 1. The van der Waals surface area contributed by atoms with Crippen molar-refractivity contribution < 1.29 is 9.84 Å². The maximum atomic E-state index is 10.6. The monoisotopic (exact) mass is 465 g/mol. The van der Waals surface area contributed by atoms with E-state index in [2.05, 4.69) is 80.7 Å². The van der Waals surface area contributed by atoms with Gasteiger partial charge in [-0.3, -0.25) is 0 Å². The van der Waals surface area contributed by atoms with E-state index in [1.807, 2.05) is 26.0 Å². The van der Waals surface area contributed by atoms with Gasteiger partial charge < -0.3 is 15.2 Å². The number of halogens is 1. The molecule has 3 nitrogen and oxygen atoms in total. The van der Waals surface area contributed by atoms with Crippen LogP contribution in [0.25, 0.3) is 11.1 Å². The molecule has 0 saturated carbocycles. The van der Waals surface area contributed by atoms with Crippen molar-refractivity contribution in [3.8, 4) is 11.1 Å². The van der Waals surface area contributed by atoms with Gasteiger partial charge in [0.2, 0.25) is 0 Å². The highest BCUT2D eigenvalue weighted by molar-refractivity contribution is 6.31. The average Bonchev–Trinajstić information content (AvgIpc) is 2.78. The van der Waals surface area contributed by atoms with Gasteiger partial charge in [-0.2, -0.15) is 0 Å². The summed E-state index contributed by atoms with van der Waals surface area (Å²) in [6, 6.07) is 22.9. The summed E-state index contributed by atoms with van der Waals surface area (Å²) in [5.74, 6) is 0. The number of hydrogen-bond acceptors (Lipinski definition) is 3. The Kier molecular flexibility index (Phi) is 8.72. The van der Waals surface area contributed by atoms with Gasteiger partial charge in [-0.15, -0.1) is 0 Å². The lowest BCUT2D eigenvalue weighted by Crippen LogP contribution is -2.46. The van der Waals surface area contributed by atoms with Crippen LogP contribution in [0.15, 0.2) is 66.7 Å². The van der Waals surface area contributed by atoms with Crippen LogP contribution in [0, 0.1) is 13.8 Å². The number of aliphatic hydroxyl groups excluding tert-OH is 1. The molecule has 0 radical (unpaired) electrons. The maximum absolute atomic E-state index is 10.6. The fraction of sp³-hybridized carbons (Fsp3) is 0.379. The molecule has 0 aliphatic heterocycles. The summed E-state index contributed by atoms with van der Waals surface area (Å²) in [5.41, 5.74) is 6.85. The third-order valence-corrected chi connectivity index (χ3v) is 6.38. The van der Waals surface area contributed by atoms with Crippen LogP contribution in [0.1, 0.15) is 49.1 Å². The molecular formula is C29H36ClNO2. The van der Waals surface area contributed by atoms with E-state index in [0.29, 0.717) is 6.54 Å². The molecule has 0 aliphatic carbocycles. The predicted molar refractivity (Wildman–Crippen MR) is 139 cm³/mol. The second-order valence-electron chi connectivity index (χ2n) is 9.61. The van der Waals surface area contributed by atoms with Gasteiger partial charge in [0.05, 0.1) is 18.8 Å². The van der Waals surface area contributed by atoms with E-state index >= 15 is 0 Å². The molecule has 0 aliphatic rings. The number of aryl methyl sites for hydroxylation is 2. The predicted octanol–water partition coefficient (Wildman–Crippen LogP) is 6.67. The molecule has 0 amide bonds. The van der Waals surface area contributed by atoms with Crippen LogP contribution in [0.4, 0.5) is 0 Å². The Bertz CT molecular complexity index is 1060. The van der Waals surface area contributed by atoms with Crippen LogP contribution < -0.4 is 5.32 Å². The van der Waals surface area contributed by atoms with E-state index < -0.39 is 6.10 Å². The number of aliphatic hydroxyl groups is 1. The standard InChI is InChI=1S/C29H36ClNO2/c1-20-9-8-10-24(15-20)27-12-7-6-11-26(27)22(3)33-19-25(32)18-31-29(4,5)17-23-13-14-28(30)21(2)16-23/h6-16,22,25,31-32H,17-19H2,1-5H3/t22?,25-/m1/s1. The van der Waals surface area contributed by atoms with Gasteiger partial charge in [-0.05, 0) is 74.9 Å². The first-order valence-electron chi connectivity index (χ1n) is 11.6. The summed E-state index contributed by atoms with van der Waals surface area (Å²) in [6.45, 7) is 11.2. The summed E-state index contributed by atoms with van der Waals surface area (Å²) in [7, 11) is 0. The average molecular weight is 466 g/mol. The van der Waals surface area contributed by atoms with Gasteiger partial charge in [-0.25, -0.2) is 0 Å². The molecule has 0 spiro atoms. The largest absolute Gasteiger partial charge is 0.389 e. The summed E-state index contributed by atoms with van der Waals surface area (Å²) in [4.78, 5) is 0. The van der Waals surface area contributed by atoms with Crippen molar-refractivity contribution in [2.75, 3.05) is 13.2 Å². The first-order chi connectivity index (χ1) is 15.6. The quantitative estimate of drug-likeness (QED) is 0.351. The Balaban J connectivity index is 1.54. The van der Waals surface area contributed by atoms with Gasteiger partial charge in [0.25, 0.3) is 0 Å². The molecule has 33 heavy (non-hydrogen) atoms. The van der Waals surface area contributed by atoms with Crippen molar-refractivity contribution in [1.82, 2.24) is 5.32 Å². The van der Waals surface area contributed by atoms with Gasteiger partial charge in [-0.1, -0.05) is 77.8 Å². The molecule has 3 aromatic carbocycles. The number of rotatable bonds is 10. The van der Waals surface area contributed by atoms with Crippen LogP contribution in [-0.2, 0) is 11.2 Å². The highest BCUT2D eigenvalue weighted by atomic mass is 35.5. The Hall–Kier alpha value is -2.17. The molecule has 3 rings (SSSR count). The Labute approximate surface area is 203 Å². The van der Waals surface area contributed by atoms with Crippen molar-refractivity contribution in [3.63, 3.8) is 0 Å². The molecule has 0 bridgehead atoms. The van der Waals surface area contributed by atoms with Crippen LogP contribution in [0.3, 0.4) is 0 Å². The lowest BCUT2D eigenvalue weighted by molar-refractivity contribution is -0.00397. The molecule has 3 aromatic rings. The van der Waals surface area contributed by atoms with E-state index in [-0.39, 0.29) is 18.2 Å². The van der Waals surface area contributed by atoms with Gasteiger partial charge in [0.15, 0.2) is 0 Å². The van der Waals surface area contributed by atoms with Gasteiger partial charge in [0, 0.05) is 17.1 Å². The Morgan fingerprint density at radius 1 is 1.00 bits per heavy atom. The van der Waals surface area contributed by atoms with Crippen LogP contribution >= 0.6 is 11.6 Å². The Morgan fingerprint density at radius 2 is 1.76 bits per heavy atom. The molecule has 0 heterocycles. The molecule has 0 fully saturated rings. The summed E-state index contributed by atoms with van der Waals surface area (Å²) in [6.07, 6.45) is 0.130. The molecule has 176 valence electrons. The third kappa shape index (κ3) is 7.41. The lowest BCUT2D eigenvalue weighted by Gasteiger charge is -2.28. The second-order valence-corrected chi connectivity index (χ2v) is 10.0. The molecule has 2 N–H and O–H groups in total. The fourth-order valence-electron chi connectivity index (χ4n) is 4.11. The third-order valence-electron chi connectivity index (χ3n) is 5.95. The van der Waals surface area contributed by atoms with Crippen molar-refractivity contribution in [3.05, 3.63) is 94.0 Å². The smallest absolute Gasteiger partial charge is 0.0898 e. The van der Waals surface area contributed by atoms with Crippen molar-refractivity contribution in [1.29, 1.82) is 0 Å². The maximum Gasteiger partial charge on any atom is 0.0898 e. The fourth-order valence-corrected chi connectivity index (χ4v) is 4.23. The number of hydrogen-bond donors (Lipinski definition) is 2. The zero-order valence-electron chi connectivity index (χ0n) is 20.4. The van der Waals surface area contributed by atoms with E-state index in [4.69, 9.17) is 16.3 Å². The zero-order valence-corrected chi connectivity index (χ0v) is 21.1. The summed E-state index contributed by atoms with van der Waals surface area (Å²) >= 11 is 6.15. The minimum atomic E-state index is -0.593. The second kappa shape index (κ2) is 11.3. The summed E-state index contributed by atoms with van der Waals surface area (Å²) in [5, 5.41) is 14.8. The lowest BCUT2D eigenvalue weighted by atomic mass is 9.94. The Morgan fingerprint density at radius 3 is 2.48 bits per heavy atom. The first kappa shape index (κ1) is 25.5.